The second-order valence-electron chi connectivity index (χ2n) is 3.17. The largest absolute Gasteiger partial charge is 0.417 e. The highest BCUT2D eigenvalue weighted by molar-refractivity contribution is 6.51. The molecule has 0 saturated carbocycles. The van der Waals surface area contributed by atoms with Crippen LogP contribution in [0.15, 0.2) is 0 Å². The van der Waals surface area contributed by atoms with E-state index in [9.17, 15) is 0 Å². The average Bonchev–Trinajstić information content (AvgIpc) is 2.01. The molecule has 0 radical (unpaired) electrons. The predicted octanol–water partition coefficient (Wildman–Crippen LogP) is 2.96. The highest BCUT2D eigenvalue weighted by Crippen LogP contribution is 2.07. The molecular weight excluding hydrogens is 152 g/mol. The van der Waals surface area contributed by atoms with Gasteiger partial charge in [-0.1, -0.05) is 27.2 Å². The van der Waals surface area contributed by atoms with Crippen LogP contribution in [0.25, 0.3) is 0 Å². The van der Waals surface area contributed by atoms with E-state index in [2.05, 4.69) is 27.7 Å². The molecule has 1 nitrogen and oxygen atoms in total. The smallest absolute Gasteiger partial charge is 0.176 e. The normalized spacial score (nSPS) is 13.9. The van der Waals surface area contributed by atoms with Gasteiger partial charge in [0.05, 0.1) is 0 Å². The van der Waals surface area contributed by atoms with Crippen molar-refractivity contribution in [2.45, 2.75) is 58.7 Å². The highest BCUT2D eigenvalue weighted by Gasteiger charge is 2.09. The molecule has 0 fully saturated rings. The lowest BCUT2D eigenvalue weighted by molar-refractivity contribution is 0.209. The summed E-state index contributed by atoms with van der Waals surface area (Å²) in [7, 11) is -0.782. The lowest BCUT2D eigenvalue weighted by Gasteiger charge is -2.18. The van der Waals surface area contributed by atoms with E-state index >= 15 is 0 Å². The van der Waals surface area contributed by atoms with Crippen molar-refractivity contribution in [2.75, 3.05) is 0 Å². The van der Waals surface area contributed by atoms with Crippen LogP contribution in [-0.4, -0.2) is 15.1 Å². The molecule has 0 heterocycles. The summed E-state index contributed by atoms with van der Waals surface area (Å²) >= 11 is 0. The monoisotopic (exact) mass is 174 g/mol. The molecule has 1 atom stereocenters. The van der Waals surface area contributed by atoms with Crippen molar-refractivity contribution in [3.8, 4) is 0 Å². The number of rotatable bonds is 6. The molecule has 68 valence electrons. The summed E-state index contributed by atoms with van der Waals surface area (Å²) in [4.78, 5) is 0. The second-order valence-corrected chi connectivity index (χ2v) is 6.32. The molecule has 0 aliphatic heterocycles. The van der Waals surface area contributed by atoms with E-state index in [1.807, 2.05) is 0 Å². The molecule has 2 heteroatoms. The van der Waals surface area contributed by atoms with E-state index in [1.54, 1.807) is 0 Å². The third kappa shape index (κ3) is 5.45. The first-order valence-corrected chi connectivity index (χ1v) is 7.00. The molecule has 0 amide bonds. The Hall–Kier alpha value is 0.177. The molecule has 0 bridgehead atoms. The zero-order valence-corrected chi connectivity index (χ0v) is 9.55. The highest BCUT2D eigenvalue weighted by atomic mass is 28.3. The van der Waals surface area contributed by atoms with Crippen LogP contribution in [0.4, 0.5) is 0 Å². The summed E-state index contributed by atoms with van der Waals surface area (Å²) < 4.78 is 5.93. The van der Waals surface area contributed by atoms with E-state index in [0.29, 0.717) is 6.10 Å². The van der Waals surface area contributed by atoms with Crippen LogP contribution in [0.2, 0.25) is 12.1 Å². The summed E-state index contributed by atoms with van der Waals surface area (Å²) in [6, 6.07) is 2.56. The van der Waals surface area contributed by atoms with Gasteiger partial charge in [-0.2, -0.15) is 0 Å². The van der Waals surface area contributed by atoms with Crippen LogP contribution in [-0.2, 0) is 4.43 Å². The third-order valence-electron chi connectivity index (χ3n) is 2.03. The first-order chi connectivity index (χ1) is 5.24. The van der Waals surface area contributed by atoms with Crippen molar-refractivity contribution in [3.05, 3.63) is 0 Å². The number of hydrogen-bond acceptors (Lipinski definition) is 1. The van der Waals surface area contributed by atoms with Gasteiger partial charge in [0, 0.05) is 6.10 Å². The molecule has 0 aromatic carbocycles. The van der Waals surface area contributed by atoms with Gasteiger partial charge in [0.1, 0.15) is 0 Å². The zero-order valence-electron chi connectivity index (χ0n) is 8.39. The lowest BCUT2D eigenvalue weighted by atomic mass is 10.2. The maximum absolute atomic E-state index is 5.93. The first kappa shape index (κ1) is 11.2. The van der Waals surface area contributed by atoms with E-state index in [-0.39, 0.29) is 0 Å². The Morgan fingerprint density at radius 2 is 1.73 bits per heavy atom. The van der Waals surface area contributed by atoms with E-state index in [4.69, 9.17) is 4.43 Å². The Balaban J connectivity index is 3.44. The molecule has 0 aliphatic rings. The van der Waals surface area contributed by atoms with Gasteiger partial charge < -0.3 is 4.43 Å². The Morgan fingerprint density at radius 3 is 2.09 bits per heavy atom. The van der Waals surface area contributed by atoms with Gasteiger partial charge in [0.25, 0.3) is 0 Å². The molecule has 0 aromatic rings. The summed E-state index contributed by atoms with van der Waals surface area (Å²) in [5.41, 5.74) is 0. The lowest BCUT2D eigenvalue weighted by Crippen LogP contribution is -2.22. The molecule has 0 saturated heterocycles. The summed E-state index contributed by atoms with van der Waals surface area (Å²) in [5, 5.41) is 0. The Bertz CT molecular complexity index is 81.6. The van der Waals surface area contributed by atoms with Crippen molar-refractivity contribution < 1.29 is 4.43 Å². The molecule has 0 aliphatic carbocycles. The fourth-order valence-corrected chi connectivity index (χ4v) is 3.04. The average molecular weight is 174 g/mol. The molecule has 0 spiro atoms. The van der Waals surface area contributed by atoms with Gasteiger partial charge in [0.2, 0.25) is 0 Å². The Morgan fingerprint density at radius 1 is 1.18 bits per heavy atom. The standard InChI is InChI=1S/C9H22OSi/c1-5-8-9(4)10-11(6-2)7-3/h9,11H,5-8H2,1-4H3. The predicted molar refractivity (Wildman–Crippen MR) is 53.6 cm³/mol. The molecule has 11 heavy (non-hydrogen) atoms. The molecular formula is C9H22OSi. The summed E-state index contributed by atoms with van der Waals surface area (Å²) in [6.07, 6.45) is 2.98. The second kappa shape index (κ2) is 6.86. The van der Waals surface area contributed by atoms with Gasteiger partial charge in [-0.15, -0.1) is 0 Å². The Kier molecular flexibility index (Phi) is 6.97. The van der Waals surface area contributed by atoms with Crippen molar-refractivity contribution in [1.29, 1.82) is 0 Å². The van der Waals surface area contributed by atoms with Crippen molar-refractivity contribution >= 4 is 9.04 Å². The summed E-state index contributed by atoms with van der Waals surface area (Å²) in [6.45, 7) is 8.92. The molecule has 0 aromatic heterocycles. The fourth-order valence-electron chi connectivity index (χ4n) is 1.28. The quantitative estimate of drug-likeness (QED) is 0.563. The van der Waals surface area contributed by atoms with Crippen molar-refractivity contribution in [1.82, 2.24) is 0 Å². The maximum atomic E-state index is 5.93. The molecule has 0 N–H and O–H groups in total. The van der Waals surface area contributed by atoms with Crippen LogP contribution in [0, 0.1) is 0 Å². The van der Waals surface area contributed by atoms with E-state index in [0.717, 1.165) is 0 Å². The minimum Gasteiger partial charge on any atom is -0.417 e. The third-order valence-corrected chi connectivity index (χ3v) is 4.70. The van der Waals surface area contributed by atoms with Crippen LogP contribution < -0.4 is 0 Å². The first-order valence-electron chi connectivity index (χ1n) is 4.89. The van der Waals surface area contributed by atoms with Gasteiger partial charge in [-0.05, 0) is 25.4 Å². The summed E-state index contributed by atoms with van der Waals surface area (Å²) in [5.74, 6) is 0. The van der Waals surface area contributed by atoms with Crippen LogP contribution in [0.5, 0.6) is 0 Å². The maximum Gasteiger partial charge on any atom is 0.176 e. The van der Waals surface area contributed by atoms with Crippen molar-refractivity contribution in [3.63, 3.8) is 0 Å². The van der Waals surface area contributed by atoms with E-state index < -0.39 is 9.04 Å². The fraction of sp³-hybridized carbons (Fsp3) is 1.00. The van der Waals surface area contributed by atoms with Crippen LogP contribution in [0.1, 0.15) is 40.5 Å². The SMILES string of the molecule is CCCC(C)O[SiH](CC)CC. The minimum atomic E-state index is -0.782. The molecule has 0 rings (SSSR count). The topological polar surface area (TPSA) is 9.23 Å². The van der Waals surface area contributed by atoms with Gasteiger partial charge >= 0.3 is 0 Å². The van der Waals surface area contributed by atoms with Gasteiger partial charge in [-0.3, -0.25) is 0 Å². The Labute approximate surface area is 72.9 Å². The van der Waals surface area contributed by atoms with Gasteiger partial charge in [-0.25, -0.2) is 0 Å². The zero-order chi connectivity index (χ0) is 8.69. The molecule has 1 unspecified atom stereocenters. The number of hydrogen-bond donors (Lipinski definition) is 0. The van der Waals surface area contributed by atoms with Crippen molar-refractivity contribution in [2.24, 2.45) is 0 Å². The van der Waals surface area contributed by atoms with Crippen LogP contribution >= 0.6 is 0 Å². The van der Waals surface area contributed by atoms with Gasteiger partial charge in [0.15, 0.2) is 9.04 Å². The van der Waals surface area contributed by atoms with Crippen LogP contribution in [0.3, 0.4) is 0 Å². The minimum absolute atomic E-state index is 0.511. The van der Waals surface area contributed by atoms with E-state index in [1.165, 1.54) is 24.9 Å².